The molecule has 1 heterocycles. The van der Waals surface area contributed by atoms with Crippen molar-refractivity contribution in [3.05, 3.63) is 0 Å². The Morgan fingerprint density at radius 3 is 2.47 bits per heavy atom. The molecule has 2 rings (SSSR count). The van der Waals surface area contributed by atoms with Crippen LogP contribution in [-0.4, -0.2) is 67.1 Å². The Labute approximate surface area is 134 Å². The van der Waals surface area contributed by atoms with E-state index in [0.29, 0.717) is 18.0 Å². The highest BCUT2D eigenvalue weighted by molar-refractivity contribution is 14.0. The second-order valence-corrected chi connectivity index (χ2v) is 5.46. The zero-order chi connectivity index (χ0) is 13.0. The molecule has 2 fully saturated rings. The highest BCUT2D eigenvalue weighted by Gasteiger charge is 2.22. The first-order chi connectivity index (χ1) is 8.69. The maximum atomic E-state index is 5.85. The molecule has 0 aromatic heterocycles. The van der Waals surface area contributed by atoms with Gasteiger partial charge in [0, 0.05) is 38.3 Å². The molecule has 0 bridgehead atoms. The molecule has 19 heavy (non-hydrogen) atoms. The van der Waals surface area contributed by atoms with Crippen molar-refractivity contribution in [2.45, 2.75) is 38.8 Å². The average molecular weight is 381 g/mol. The van der Waals surface area contributed by atoms with E-state index in [1.807, 2.05) is 0 Å². The van der Waals surface area contributed by atoms with E-state index in [1.54, 1.807) is 0 Å². The van der Waals surface area contributed by atoms with Gasteiger partial charge >= 0.3 is 0 Å². The Morgan fingerprint density at radius 2 is 1.95 bits per heavy atom. The number of piperazine rings is 1. The van der Waals surface area contributed by atoms with Gasteiger partial charge in [0.25, 0.3) is 0 Å². The van der Waals surface area contributed by atoms with Crippen LogP contribution in [-0.2, 0) is 0 Å². The van der Waals surface area contributed by atoms with Crippen LogP contribution in [0.3, 0.4) is 0 Å². The summed E-state index contributed by atoms with van der Waals surface area (Å²) < 4.78 is 0. The number of nitrogens with one attached hydrogen (secondary N) is 1. The first kappa shape index (κ1) is 17.0. The van der Waals surface area contributed by atoms with Crippen LogP contribution < -0.4 is 11.1 Å². The minimum atomic E-state index is 0. The molecule has 0 amide bonds. The summed E-state index contributed by atoms with van der Waals surface area (Å²) in [6.07, 6.45) is 2.48. The number of nitrogens with two attached hydrogens (primary N) is 1. The minimum Gasteiger partial charge on any atom is -0.370 e. The van der Waals surface area contributed by atoms with Crippen molar-refractivity contribution >= 4 is 29.9 Å². The van der Waals surface area contributed by atoms with Gasteiger partial charge < -0.3 is 16.0 Å². The van der Waals surface area contributed by atoms with Crippen LogP contribution in [0, 0.1) is 0 Å². The van der Waals surface area contributed by atoms with Gasteiger partial charge in [0.2, 0.25) is 0 Å². The number of hydrogen-bond acceptors (Lipinski definition) is 3. The molecule has 0 aromatic carbocycles. The van der Waals surface area contributed by atoms with Crippen LogP contribution in [0.1, 0.15) is 26.7 Å². The van der Waals surface area contributed by atoms with Crippen molar-refractivity contribution < 1.29 is 0 Å². The van der Waals surface area contributed by atoms with Crippen molar-refractivity contribution in [1.82, 2.24) is 15.1 Å². The highest BCUT2D eigenvalue weighted by Crippen LogP contribution is 2.18. The van der Waals surface area contributed by atoms with Gasteiger partial charge in [-0.25, -0.2) is 0 Å². The summed E-state index contributed by atoms with van der Waals surface area (Å²) >= 11 is 0. The van der Waals surface area contributed by atoms with Gasteiger partial charge in [0.05, 0.1) is 6.54 Å². The first-order valence-electron chi connectivity index (χ1n) is 7.22. The maximum absolute atomic E-state index is 5.85. The Hall–Kier alpha value is -0.0800. The molecule has 112 valence electrons. The smallest absolute Gasteiger partial charge is 0.188 e. The second-order valence-electron chi connectivity index (χ2n) is 5.46. The predicted molar refractivity (Wildman–Crippen MR) is 91.2 cm³/mol. The van der Waals surface area contributed by atoms with Gasteiger partial charge in [-0.1, -0.05) is 6.92 Å². The zero-order valence-corrected chi connectivity index (χ0v) is 14.5. The minimum absolute atomic E-state index is 0. The quantitative estimate of drug-likeness (QED) is 0.418. The summed E-state index contributed by atoms with van der Waals surface area (Å²) in [5, 5.41) is 3.23. The number of aliphatic imine (C=N–C) groups is 1. The van der Waals surface area contributed by atoms with Crippen LogP contribution >= 0.6 is 24.0 Å². The number of halogens is 1. The Balaban J connectivity index is 0.00000180. The topological polar surface area (TPSA) is 56.9 Å². The summed E-state index contributed by atoms with van der Waals surface area (Å²) in [6.45, 7) is 11.1. The number of likely N-dealkylation sites (N-methyl/N-ethyl adjacent to an activating group) is 1. The molecular formula is C13H28IN5. The zero-order valence-electron chi connectivity index (χ0n) is 12.1. The Kier molecular flexibility index (Phi) is 7.38. The van der Waals surface area contributed by atoms with E-state index in [-0.39, 0.29) is 24.0 Å². The summed E-state index contributed by atoms with van der Waals surface area (Å²) in [7, 11) is 0. The van der Waals surface area contributed by atoms with E-state index in [9.17, 15) is 0 Å². The number of guanidine groups is 1. The standard InChI is InChI=1S/C13H27N5.HI/c1-3-17-6-8-18(9-7-17)11(2)10-15-13(14)16-12-4-5-12;/h11-12H,3-10H2,1-2H3,(H3,14,15,16);1H. The normalized spacial score (nSPS) is 23.8. The van der Waals surface area contributed by atoms with Gasteiger partial charge in [0.1, 0.15) is 0 Å². The van der Waals surface area contributed by atoms with Gasteiger partial charge in [-0.3, -0.25) is 9.89 Å². The van der Waals surface area contributed by atoms with Crippen molar-refractivity contribution in [2.75, 3.05) is 39.3 Å². The van der Waals surface area contributed by atoms with Crippen LogP contribution in [0.4, 0.5) is 0 Å². The fourth-order valence-electron chi connectivity index (χ4n) is 2.35. The average Bonchev–Trinajstić information content (AvgIpc) is 3.20. The largest absolute Gasteiger partial charge is 0.370 e. The molecule has 2 aliphatic rings. The van der Waals surface area contributed by atoms with Crippen LogP contribution in [0.25, 0.3) is 0 Å². The lowest BCUT2D eigenvalue weighted by atomic mass is 10.2. The van der Waals surface area contributed by atoms with Crippen molar-refractivity contribution in [3.8, 4) is 0 Å². The molecule has 0 aromatic rings. The fraction of sp³-hybridized carbons (Fsp3) is 0.923. The van der Waals surface area contributed by atoms with E-state index in [0.717, 1.165) is 19.6 Å². The highest BCUT2D eigenvalue weighted by atomic mass is 127. The molecule has 1 saturated heterocycles. The second kappa shape index (κ2) is 8.26. The van der Waals surface area contributed by atoms with E-state index in [1.165, 1.54) is 32.5 Å². The lowest BCUT2D eigenvalue weighted by Crippen LogP contribution is -2.50. The molecule has 1 saturated carbocycles. The summed E-state index contributed by atoms with van der Waals surface area (Å²) in [5.41, 5.74) is 5.85. The number of nitrogens with zero attached hydrogens (tertiary/aromatic N) is 3. The molecular weight excluding hydrogens is 353 g/mol. The van der Waals surface area contributed by atoms with Crippen molar-refractivity contribution in [3.63, 3.8) is 0 Å². The molecule has 0 radical (unpaired) electrons. The molecule has 0 spiro atoms. The van der Waals surface area contributed by atoms with Gasteiger partial charge in [-0.2, -0.15) is 0 Å². The monoisotopic (exact) mass is 381 g/mol. The summed E-state index contributed by atoms with van der Waals surface area (Å²) in [6, 6.07) is 1.08. The summed E-state index contributed by atoms with van der Waals surface area (Å²) in [5.74, 6) is 0.622. The third-order valence-electron chi connectivity index (χ3n) is 3.93. The summed E-state index contributed by atoms with van der Waals surface area (Å²) in [4.78, 5) is 9.46. The maximum Gasteiger partial charge on any atom is 0.188 e. The van der Waals surface area contributed by atoms with Crippen LogP contribution in [0.2, 0.25) is 0 Å². The van der Waals surface area contributed by atoms with Gasteiger partial charge in [-0.15, -0.1) is 24.0 Å². The Bertz CT molecular complexity index is 285. The van der Waals surface area contributed by atoms with E-state index in [4.69, 9.17) is 5.73 Å². The first-order valence-corrected chi connectivity index (χ1v) is 7.22. The molecule has 5 nitrogen and oxygen atoms in total. The molecule has 6 heteroatoms. The molecule has 1 unspecified atom stereocenters. The van der Waals surface area contributed by atoms with Crippen molar-refractivity contribution in [1.29, 1.82) is 0 Å². The Morgan fingerprint density at radius 1 is 1.32 bits per heavy atom. The third kappa shape index (κ3) is 5.83. The SMILES string of the molecule is CCN1CCN(C(C)CN=C(N)NC2CC2)CC1.I. The van der Waals surface area contributed by atoms with Crippen molar-refractivity contribution in [2.24, 2.45) is 10.7 Å². The van der Waals surface area contributed by atoms with E-state index >= 15 is 0 Å². The van der Waals surface area contributed by atoms with E-state index < -0.39 is 0 Å². The van der Waals surface area contributed by atoms with Crippen LogP contribution in [0.15, 0.2) is 4.99 Å². The molecule has 1 aliphatic heterocycles. The third-order valence-corrected chi connectivity index (χ3v) is 3.93. The van der Waals surface area contributed by atoms with Gasteiger partial charge in [-0.05, 0) is 26.3 Å². The lowest BCUT2D eigenvalue weighted by Gasteiger charge is -2.37. The lowest BCUT2D eigenvalue weighted by molar-refractivity contribution is 0.109. The van der Waals surface area contributed by atoms with Gasteiger partial charge in [0.15, 0.2) is 5.96 Å². The molecule has 1 aliphatic carbocycles. The fourth-order valence-corrected chi connectivity index (χ4v) is 2.35. The van der Waals surface area contributed by atoms with Crippen LogP contribution in [0.5, 0.6) is 0 Å². The molecule has 1 atom stereocenters. The van der Waals surface area contributed by atoms with E-state index in [2.05, 4.69) is 34.0 Å². The molecule has 3 N–H and O–H groups in total. The number of rotatable bonds is 5. The predicted octanol–water partition coefficient (Wildman–Crippen LogP) is 0.697. The number of hydrogen-bond donors (Lipinski definition) is 2.